The number of methoxy groups -OCH3 is 1. The zero-order valence-corrected chi connectivity index (χ0v) is 33.7. The van der Waals surface area contributed by atoms with Crippen molar-refractivity contribution in [2.24, 2.45) is 5.41 Å². The lowest BCUT2D eigenvalue weighted by Crippen LogP contribution is -2.49. The number of benzene rings is 2. The highest BCUT2D eigenvalue weighted by Crippen LogP contribution is 2.50. The Morgan fingerprint density at radius 2 is 1.46 bits per heavy atom. The summed E-state index contributed by atoms with van der Waals surface area (Å²) in [5.41, 5.74) is 5.99. The molecule has 10 heteroatoms. The molecule has 0 unspecified atom stereocenters. The van der Waals surface area contributed by atoms with Crippen LogP contribution >= 0.6 is 0 Å². The average Bonchev–Trinajstić information content (AvgIpc) is 3.72. The Morgan fingerprint density at radius 3 is 2.04 bits per heavy atom. The van der Waals surface area contributed by atoms with Crippen LogP contribution in [0.5, 0.6) is 0 Å². The number of amides is 1. The number of carbonyl (C=O) groups excluding carboxylic acids is 4. The van der Waals surface area contributed by atoms with Crippen LogP contribution in [0.3, 0.4) is 0 Å². The molecule has 2 aromatic rings. The Kier molecular flexibility index (Phi) is 12.2. The van der Waals surface area contributed by atoms with E-state index in [4.69, 9.17) is 23.7 Å². The highest BCUT2D eigenvalue weighted by molar-refractivity contribution is 6.24. The maximum absolute atomic E-state index is 13.0. The summed E-state index contributed by atoms with van der Waals surface area (Å²) in [5, 5.41) is 3.11. The quantitative estimate of drug-likeness (QED) is 0.219. The first-order chi connectivity index (χ1) is 25.4. The van der Waals surface area contributed by atoms with Crippen molar-refractivity contribution in [1.82, 2.24) is 5.32 Å². The van der Waals surface area contributed by atoms with Crippen LogP contribution in [0.15, 0.2) is 41.9 Å². The van der Waals surface area contributed by atoms with Crippen molar-refractivity contribution in [2.45, 2.75) is 137 Å². The number of hydrogen-bond acceptors (Lipinski definition) is 9. The van der Waals surface area contributed by atoms with E-state index in [1.807, 2.05) is 73.6 Å². The van der Waals surface area contributed by atoms with Gasteiger partial charge in [0.1, 0.15) is 11.3 Å². The second-order valence-electron chi connectivity index (χ2n) is 16.6. The van der Waals surface area contributed by atoms with E-state index >= 15 is 0 Å². The zero-order chi connectivity index (χ0) is 39.6. The van der Waals surface area contributed by atoms with Crippen LogP contribution in [-0.4, -0.2) is 55.0 Å². The fraction of sp³-hybridized carbons (Fsp3) is 0.545. The smallest absolute Gasteiger partial charge is 0.447 e. The van der Waals surface area contributed by atoms with Crippen molar-refractivity contribution in [2.75, 3.05) is 13.7 Å². The molecule has 2 aliphatic carbocycles. The minimum absolute atomic E-state index is 0.154. The van der Waals surface area contributed by atoms with Gasteiger partial charge in [-0.05, 0) is 126 Å². The number of rotatable bonds is 7. The summed E-state index contributed by atoms with van der Waals surface area (Å²) in [6.07, 6.45) is 5.90. The van der Waals surface area contributed by atoms with Crippen molar-refractivity contribution in [3.63, 3.8) is 0 Å². The van der Waals surface area contributed by atoms with E-state index in [0.717, 1.165) is 64.6 Å². The van der Waals surface area contributed by atoms with Crippen LogP contribution in [0.2, 0.25) is 0 Å². The minimum Gasteiger partial charge on any atom is -0.447 e. The van der Waals surface area contributed by atoms with Crippen LogP contribution in [0.1, 0.15) is 124 Å². The molecule has 2 fully saturated rings. The Bertz CT molecular complexity index is 1840. The van der Waals surface area contributed by atoms with Gasteiger partial charge in [-0.3, -0.25) is 9.59 Å². The third-order valence-corrected chi connectivity index (χ3v) is 10.8. The van der Waals surface area contributed by atoms with Gasteiger partial charge < -0.3 is 29.0 Å². The number of nitrogens with one attached hydrogen (secondary N) is 1. The minimum atomic E-state index is -0.778. The highest BCUT2D eigenvalue weighted by Gasteiger charge is 2.53. The Morgan fingerprint density at radius 1 is 0.833 bits per heavy atom. The maximum atomic E-state index is 13.0. The summed E-state index contributed by atoms with van der Waals surface area (Å²) < 4.78 is 27.9. The fourth-order valence-electron chi connectivity index (χ4n) is 8.37. The molecule has 6 rings (SSSR count). The first-order valence-corrected chi connectivity index (χ1v) is 19.2. The van der Waals surface area contributed by atoms with Gasteiger partial charge in [-0.1, -0.05) is 62.2 Å². The Hall–Kier alpha value is -4.44. The van der Waals surface area contributed by atoms with Gasteiger partial charge in [-0.25, -0.2) is 9.59 Å². The van der Waals surface area contributed by atoms with E-state index in [0.29, 0.717) is 54.8 Å². The molecule has 0 bridgehead atoms. The maximum Gasteiger partial charge on any atom is 0.513 e. The molecular formula is C44H57NO9. The number of aryl methyl sites for hydroxylation is 5. The highest BCUT2D eigenvalue weighted by atomic mass is 16.7. The summed E-state index contributed by atoms with van der Waals surface area (Å²) in [6, 6.07) is 10.0. The summed E-state index contributed by atoms with van der Waals surface area (Å²) >= 11 is 0. The molecule has 1 amide bonds. The molecule has 10 nitrogen and oxygen atoms in total. The molecule has 2 spiro atoms. The summed E-state index contributed by atoms with van der Waals surface area (Å²) in [4.78, 5) is 50.7. The van der Waals surface area contributed by atoms with E-state index in [9.17, 15) is 19.2 Å². The van der Waals surface area contributed by atoms with Gasteiger partial charge in [0.25, 0.3) is 5.91 Å². The van der Waals surface area contributed by atoms with Crippen LogP contribution in [-0.2, 0) is 38.1 Å². The van der Waals surface area contributed by atoms with Crippen LogP contribution in [0.25, 0.3) is 11.1 Å². The molecule has 1 N–H and O–H groups in total. The number of carbonyl (C=O) groups is 4. The third kappa shape index (κ3) is 8.59. The average molecular weight is 744 g/mol. The van der Waals surface area contributed by atoms with E-state index in [-0.39, 0.29) is 36.0 Å². The van der Waals surface area contributed by atoms with Crippen molar-refractivity contribution < 1.29 is 42.9 Å². The molecule has 0 atom stereocenters. The van der Waals surface area contributed by atoms with Gasteiger partial charge in [0.15, 0.2) is 11.4 Å². The molecule has 0 saturated heterocycles. The molecule has 0 aromatic heterocycles. The predicted molar refractivity (Wildman–Crippen MR) is 206 cm³/mol. The second-order valence-corrected chi connectivity index (χ2v) is 16.6. The lowest BCUT2D eigenvalue weighted by Gasteiger charge is -2.37. The number of esters is 2. The molecule has 2 aliphatic heterocycles. The first kappa shape index (κ1) is 40.7. The molecular weight excluding hydrogens is 686 g/mol. The number of hydrogen-bond donors (Lipinski definition) is 1. The fourth-order valence-corrected chi connectivity index (χ4v) is 8.37. The summed E-state index contributed by atoms with van der Waals surface area (Å²) in [6.45, 7) is 17.9. The number of ether oxygens (including phenoxy) is 5. The SMILES string of the molecule is CCOC(=O)OC1=C(c2cc(C)ccc2C)C(=O)N[C@]12CC[C@@H](OC)CC2.Cc1cc(C)c(C2=C(OC(=O)CC(C)(C)C)C3(CCCC3)OC2=O)c(C)c1. The van der Waals surface area contributed by atoms with Gasteiger partial charge >= 0.3 is 18.1 Å². The predicted octanol–water partition coefficient (Wildman–Crippen LogP) is 8.82. The van der Waals surface area contributed by atoms with Crippen molar-refractivity contribution in [3.8, 4) is 0 Å². The van der Waals surface area contributed by atoms with Gasteiger partial charge in [-0.15, -0.1) is 0 Å². The second kappa shape index (κ2) is 16.1. The Labute approximate surface area is 320 Å². The molecule has 292 valence electrons. The third-order valence-electron chi connectivity index (χ3n) is 10.8. The topological polar surface area (TPSA) is 126 Å². The van der Waals surface area contributed by atoms with Gasteiger partial charge in [0.2, 0.25) is 0 Å². The van der Waals surface area contributed by atoms with E-state index in [2.05, 4.69) is 17.4 Å². The summed E-state index contributed by atoms with van der Waals surface area (Å²) in [5.74, 6) is -0.0603. The van der Waals surface area contributed by atoms with Crippen LogP contribution < -0.4 is 5.32 Å². The molecule has 4 aliphatic rings. The van der Waals surface area contributed by atoms with Crippen molar-refractivity contribution >= 4 is 35.1 Å². The molecule has 54 heavy (non-hydrogen) atoms. The Balaban J connectivity index is 0.000000208. The molecule has 2 saturated carbocycles. The monoisotopic (exact) mass is 743 g/mol. The van der Waals surface area contributed by atoms with Gasteiger partial charge in [0.05, 0.1) is 30.2 Å². The van der Waals surface area contributed by atoms with E-state index in [1.165, 1.54) is 0 Å². The zero-order valence-electron chi connectivity index (χ0n) is 33.7. The van der Waals surface area contributed by atoms with E-state index < -0.39 is 17.3 Å². The molecule has 2 aromatic carbocycles. The van der Waals surface area contributed by atoms with Crippen LogP contribution in [0.4, 0.5) is 4.79 Å². The van der Waals surface area contributed by atoms with Crippen molar-refractivity contribution in [1.29, 1.82) is 0 Å². The van der Waals surface area contributed by atoms with E-state index in [1.54, 1.807) is 14.0 Å². The normalized spacial score (nSPS) is 21.9. The van der Waals surface area contributed by atoms with Crippen LogP contribution in [0, 0.1) is 40.0 Å². The standard InChI is InChI=1S/C23H30O4.C21H27NO5/c1-14-11-15(2)18(16(3)12-14)19-20(26-17(24)13-22(4,5)6)23(27-21(19)25)9-7-8-10-23;1-5-26-20(24)27-18-17(16-12-13(2)6-7-14(16)3)19(23)22-21(18)10-8-15(25-4)9-11-21/h11-12H,7-10,13H2,1-6H3;6-7,12,15H,5,8-11H2,1-4H3,(H,22,23)/t;15-,21+. The largest absolute Gasteiger partial charge is 0.513 e. The molecule has 2 heterocycles. The van der Waals surface area contributed by atoms with Gasteiger partial charge in [-0.2, -0.15) is 0 Å². The lowest BCUT2D eigenvalue weighted by atomic mass is 9.79. The van der Waals surface area contributed by atoms with Gasteiger partial charge in [0, 0.05) is 7.11 Å². The molecule has 0 radical (unpaired) electrons. The lowest BCUT2D eigenvalue weighted by molar-refractivity contribution is -0.153. The van der Waals surface area contributed by atoms with Crippen molar-refractivity contribution in [3.05, 3.63) is 80.8 Å². The summed E-state index contributed by atoms with van der Waals surface area (Å²) in [7, 11) is 1.70. The first-order valence-electron chi connectivity index (χ1n) is 19.2.